The van der Waals surface area contributed by atoms with E-state index in [0.29, 0.717) is 11.4 Å². The van der Waals surface area contributed by atoms with Crippen LogP contribution >= 0.6 is 0 Å². The van der Waals surface area contributed by atoms with Gasteiger partial charge in [0.2, 0.25) is 5.91 Å². The number of ether oxygens (including phenoxy) is 1. The van der Waals surface area contributed by atoms with Crippen LogP contribution in [0.4, 0.5) is 16.2 Å². The molecule has 1 aliphatic heterocycles. The molecule has 1 aliphatic carbocycles. The summed E-state index contributed by atoms with van der Waals surface area (Å²) in [5, 5.41) is 2.96. The molecule has 1 atom stereocenters. The van der Waals surface area contributed by atoms with Crippen molar-refractivity contribution in [1.82, 2.24) is 9.47 Å². The number of para-hydroxylation sites is 2. The number of benzene rings is 3. The van der Waals surface area contributed by atoms with Gasteiger partial charge in [-0.15, -0.1) is 0 Å². The van der Waals surface area contributed by atoms with Crippen molar-refractivity contribution >= 4 is 23.3 Å². The van der Waals surface area contributed by atoms with E-state index in [4.69, 9.17) is 4.74 Å². The van der Waals surface area contributed by atoms with Gasteiger partial charge in [0, 0.05) is 24.0 Å². The van der Waals surface area contributed by atoms with Crippen LogP contribution in [0.1, 0.15) is 35.7 Å². The monoisotopic (exact) mass is 506 g/mol. The summed E-state index contributed by atoms with van der Waals surface area (Å²) in [6, 6.07) is 27.0. The number of nitrogens with zero attached hydrogens (tertiary/aromatic N) is 3. The number of anilines is 2. The molecule has 0 saturated heterocycles. The fourth-order valence-corrected chi connectivity index (χ4v) is 5.29. The maximum atomic E-state index is 14.2. The standard InChI is InChI=1S/C31H30N4O3/c1-21-8-5-9-22(18-21)30-28-14-7-17-33(28)26-12-3-4-13-27(26)35(30)29(36)20-34(24-15-16-24)31(37)32-23-10-6-11-25(19-23)38-2/h3-14,17-19,24,30H,15-16,20H2,1-2H3,(H,32,37). The summed E-state index contributed by atoms with van der Waals surface area (Å²) in [5.41, 5.74) is 5.59. The normalized spacial score (nSPS) is 15.8. The van der Waals surface area contributed by atoms with Crippen molar-refractivity contribution in [1.29, 1.82) is 0 Å². The van der Waals surface area contributed by atoms with Crippen LogP contribution < -0.4 is 15.0 Å². The Kier molecular flexibility index (Phi) is 6.12. The summed E-state index contributed by atoms with van der Waals surface area (Å²) >= 11 is 0. The van der Waals surface area contributed by atoms with Crippen LogP contribution in [0.15, 0.2) is 91.1 Å². The Morgan fingerprint density at radius 3 is 2.50 bits per heavy atom. The van der Waals surface area contributed by atoms with Gasteiger partial charge in [-0.2, -0.15) is 0 Å². The van der Waals surface area contributed by atoms with Crippen molar-refractivity contribution in [3.8, 4) is 11.4 Å². The third-order valence-electron chi connectivity index (χ3n) is 7.22. The number of nitrogens with one attached hydrogen (secondary N) is 1. The first-order valence-electron chi connectivity index (χ1n) is 12.9. The van der Waals surface area contributed by atoms with Gasteiger partial charge in [0.15, 0.2) is 0 Å². The summed E-state index contributed by atoms with van der Waals surface area (Å²) in [7, 11) is 1.59. The second-order valence-corrected chi connectivity index (χ2v) is 9.89. The molecule has 38 heavy (non-hydrogen) atoms. The number of carbonyl (C=O) groups excluding carboxylic acids is 2. The smallest absolute Gasteiger partial charge is 0.322 e. The minimum Gasteiger partial charge on any atom is -0.497 e. The molecule has 192 valence electrons. The Balaban J connectivity index is 1.35. The van der Waals surface area contributed by atoms with E-state index in [1.54, 1.807) is 18.1 Å². The fraction of sp³-hybridized carbons (Fsp3) is 0.226. The first-order chi connectivity index (χ1) is 18.5. The topological polar surface area (TPSA) is 66.8 Å². The average molecular weight is 507 g/mol. The number of fused-ring (bicyclic) bond motifs is 3. The van der Waals surface area contributed by atoms with Crippen LogP contribution in [0.3, 0.4) is 0 Å². The third-order valence-corrected chi connectivity index (χ3v) is 7.22. The lowest BCUT2D eigenvalue weighted by molar-refractivity contribution is -0.119. The molecule has 0 spiro atoms. The number of amides is 3. The lowest BCUT2D eigenvalue weighted by atomic mass is 9.96. The van der Waals surface area contributed by atoms with Gasteiger partial charge in [0.05, 0.1) is 24.2 Å². The Hall–Kier alpha value is -4.52. The van der Waals surface area contributed by atoms with Gasteiger partial charge in [-0.1, -0.05) is 48.0 Å². The molecule has 2 heterocycles. The van der Waals surface area contributed by atoms with E-state index in [9.17, 15) is 9.59 Å². The third kappa shape index (κ3) is 4.41. The molecule has 1 fully saturated rings. The highest BCUT2D eigenvalue weighted by Crippen LogP contribution is 2.42. The lowest BCUT2D eigenvalue weighted by Gasteiger charge is -2.39. The number of hydrogen-bond donors (Lipinski definition) is 1. The Morgan fingerprint density at radius 2 is 1.74 bits per heavy atom. The minimum atomic E-state index is -0.310. The van der Waals surface area contributed by atoms with Gasteiger partial charge in [0.25, 0.3) is 0 Å². The zero-order valence-electron chi connectivity index (χ0n) is 21.5. The molecule has 1 N–H and O–H groups in total. The Bertz CT molecular complexity index is 1510. The maximum absolute atomic E-state index is 14.2. The van der Waals surface area contributed by atoms with Gasteiger partial charge in [-0.25, -0.2) is 4.79 Å². The molecule has 7 heteroatoms. The zero-order chi connectivity index (χ0) is 26.2. The molecular weight excluding hydrogens is 476 g/mol. The second-order valence-electron chi connectivity index (χ2n) is 9.89. The molecule has 7 nitrogen and oxygen atoms in total. The molecular formula is C31H30N4O3. The van der Waals surface area contributed by atoms with E-state index < -0.39 is 0 Å². The van der Waals surface area contributed by atoms with E-state index in [1.165, 1.54) is 0 Å². The molecule has 6 rings (SSSR count). The van der Waals surface area contributed by atoms with E-state index in [2.05, 4.69) is 41.1 Å². The number of carbonyl (C=O) groups is 2. The first-order valence-corrected chi connectivity index (χ1v) is 12.9. The van der Waals surface area contributed by atoms with Gasteiger partial charge in [0.1, 0.15) is 18.3 Å². The molecule has 1 saturated carbocycles. The van der Waals surface area contributed by atoms with Crippen LogP contribution in [0.25, 0.3) is 5.69 Å². The molecule has 1 aromatic heterocycles. The summed E-state index contributed by atoms with van der Waals surface area (Å²) in [6.07, 6.45) is 3.82. The minimum absolute atomic E-state index is 0.0160. The summed E-state index contributed by atoms with van der Waals surface area (Å²) in [6.45, 7) is 2.04. The first kappa shape index (κ1) is 23.9. The van der Waals surface area contributed by atoms with Crippen molar-refractivity contribution < 1.29 is 14.3 Å². The maximum Gasteiger partial charge on any atom is 0.322 e. The number of aromatic nitrogens is 1. The molecule has 0 radical (unpaired) electrons. The van der Waals surface area contributed by atoms with Crippen molar-refractivity contribution in [2.45, 2.75) is 31.8 Å². The quantitative estimate of drug-likeness (QED) is 0.353. The number of aryl methyl sites for hydroxylation is 1. The number of urea groups is 1. The number of hydrogen-bond acceptors (Lipinski definition) is 3. The second kappa shape index (κ2) is 9.74. The molecule has 4 aromatic rings. The summed E-state index contributed by atoms with van der Waals surface area (Å²) in [4.78, 5) is 31.2. The molecule has 3 amide bonds. The average Bonchev–Trinajstić information content (AvgIpc) is 3.65. The van der Waals surface area contributed by atoms with Crippen molar-refractivity contribution in [2.75, 3.05) is 23.9 Å². The van der Waals surface area contributed by atoms with Crippen LogP contribution in [-0.4, -0.2) is 41.1 Å². The van der Waals surface area contributed by atoms with Gasteiger partial charge in [-0.05, 0) is 61.7 Å². The van der Waals surface area contributed by atoms with Crippen molar-refractivity contribution in [2.24, 2.45) is 0 Å². The van der Waals surface area contributed by atoms with Crippen LogP contribution in [0.5, 0.6) is 5.75 Å². The fourth-order valence-electron chi connectivity index (χ4n) is 5.29. The summed E-state index contributed by atoms with van der Waals surface area (Å²) in [5.74, 6) is 0.537. The van der Waals surface area contributed by atoms with Crippen LogP contribution in [0, 0.1) is 6.92 Å². The van der Waals surface area contributed by atoms with E-state index in [-0.39, 0.29) is 30.6 Å². The van der Waals surface area contributed by atoms with Gasteiger partial charge in [-0.3, -0.25) is 9.69 Å². The molecule has 1 unspecified atom stereocenters. The number of rotatable bonds is 6. The SMILES string of the molecule is COc1cccc(NC(=O)N(CC(=O)N2c3ccccc3-n3cccc3C2c2cccc(C)c2)C2CC2)c1. The molecule has 3 aromatic carbocycles. The van der Waals surface area contributed by atoms with E-state index in [0.717, 1.165) is 41.0 Å². The highest BCUT2D eigenvalue weighted by Gasteiger charge is 2.40. The van der Waals surface area contributed by atoms with Gasteiger partial charge >= 0.3 is 6.03 Å². The number of methoxy groups -OCH3 is 1. The van der Waals surface area contributed by atoms with Crippen molar-refractivity contribution in [3.63, 3.8) is 0 Å². The van der Waals surface area contributed by atoms with Crippen molar-refractivity contribution in [3.05, 3.63) is 108 Å². The molecule has 0 bridgehead atoms. The summed E-state index contributed by atoms with van der Waals surface area (Å²) < 4.78 is 7.44. The highest BCUT2D eigenvalue weighted by molar-refractivity contribution is 6.01. The predicted molar refractivity (Wildman–Crippen MR) is 148 cm³/mol. The largest absolute Gasteiger partial charge is 0.497 e. The zero-order valence-corrected chi connectivity index (χ0v) is 21.5. The highest BCUT2D eigenvalue weighted by atomic mass is 16.5. The van der Waals surface area contributed by atoms with E-state index >= 15 is 0 Å². The van der Waals surface area contributed by atoms with Crippen LogP contribution in [0.2, 0.25) is 0 Å². The molecule has 2 aliphatic rings. The van der Waals surface area contributed by atoms with Gasteiger partial charge < -0.3 is 19.5 Å². The Labute approximate surface area is 222 Å². The predicted octanol–water partition coefficient (Wildman–Crippen LogP) is 5.93. The lowest BCUT2D eigenvalue weighted by Crippen LogP contribution is -2.48. The van der Waals surface area contributed by atoms with Crippen LogP contribution in [-0.2, 0) is 4.79 Å². The Morgan fingerprint density at radius 1 is 0.947 bits per heavy atom. The van der Waals surface area contributed by atoms with E-state index in [1.807, 2.05) is 65.7 Å².